The fourth-order valence-electron chi connectivity index (χ4n) is 4.36. The minimum atomic E-state index is -0.535. The van der Waals surface area contributed by atoms with E-state index in [1.165, 1.54) is 6.42 Å². The molecule has 0 aliphatic heterocycles. The van der Waals surface area contributed by atoms with Gasteiger partial charge in [-0.25, -0.2) is 0 Å². The molecule has 2 amide bonds. The van der Waals surface area contributed by atoms with Gasteiger partial charge in [0.1, 0.15) is 6.04 Å². The summed E-state index contributed by atoms with van der Waals surface area (Å²) in [6.45, 7) is 2.25. The van der Waals surface area contributed by atoms with Crippen molar-refractivity contribution in [1.82, 2.24) is 10.2 Å². The van der Waals surface area contributed by atoms with Crippen LogP contribution in [0, 0.1) is 0 Å². The molecule has 1 saturated carbocycles. The molecular formula is C26H32Cl2N2O2. The number of halogens is 2. The Kier molecular flexibility index (Phi) is 9.43. The zero-order valence-corrected chi connectivity index (χ0v) is 20.2. The normalized spacial score (nSPS) is 15.2. The smallest absolute Gasteiger partial charge is 0.243 e. The fraction of sp³-hybridized carbons (Fsp3) is 0.462. The van der Waals surface area contributed by atoms with Crippen LogP contribution >= 0.6 is 23.2 Å². The second-order valence-electron chi connectivity index (χ2n) is 8.47. The van der Waals surface area contributed by atoms with Gasteiger partial charge in [0.15, 0.2) is 0 Å². The SMILES string of the molecule is CC[C@H](C(=O)NC1CCCCC1)N(Cc1ccccc1Cl)C(=O)CCc1ccccc1Cl. The van der Waals surface area contributed by atoms with Gasteiger partial charge >= 0.3 is 0 Å². The van der Waals surface area contributed by atoms with Gasteiger partial charge in [-0.2, -0.15) is 0 Å². The summed E-state index contributed by atoms with van der Waals surface area (Å²) in [5.41, 5.74) is 1.77. The molecule has 0 aromatic heterocycles. The second kappa shape index (κ2) is 12.3. The van der Waals surface area contributed by atoms with Gasteiger partial charge in [-0.05, 0) is 48.9 Å². The number of hydrogen-bond donors (Lipinski definition) is 1. The molecule has 0 spiro atoms. The predicted octanol–water partition coefficient (Wildman–Crippen LogP) is 6.18. The third-order valence-electron chi connectivity index (χ3n) is 6.20. The molecule has 0 radical (unpaired) electrons. The van der Waals surface area contributed by atoms with Crippen LogP contribution in [0.4, 0.5) is 0 Å². The molecule has 0 unspecified atom stereocenters. The number of amides is 2. The Balaban J connectivity index is 1.77. The Morgan fingerprint density at radius 2 is 1.56 bits per heavy atom. The molecule has 172 valence electrons. The molecule has 2 aromatic carbocycles. The van der Waals surface area contributed by atoms with Crippen molar-refractivity contribution >= 4 is 35.0 Å². The van der Waals surface area contributed by atoms with Crippen LogP contribution in [0.3, 0.4) is 0 Å². The Morgan fingerprint density at radius 3 is 2.16 bits per heavy atom. The first-order chi connectivity index (χ1) is 15.5. The van der Waals surface area contributed by atoms with Crippen molar-refractivity contribution in [3.05, 3.63) is 69.7 Å². The van der Waals surface area contributed by atoms with E-state index < -0.39 is 6.04 Å². The highest BCUT2D eigenvalue weighted by molar-refractivity contribution is 6.31. The minimum Gasteiger partial charge on any atom is -0.352 e. The first-order valence-corrected chi connectivity index (χ1v) is 12.3. The standard InChI is InChI=1S/C26H32Cl2N2O2/c1-2-24(26(32)29-21-12-4-3-5-13-21)30(18-20-11-7-9-15-23(20)28)25(31)17-16-19-10-6-8-14-22(19)27/h6-11,14-15,21,24H,2-5,12-13,16-18H2,1H3,(H,29,32)/t24-/m1/s1. The number of benzene rings is 2. The summed E-state index contributed by atoms with van der Waals surface area (Å²) in [4.78, 5) is 28.3. The van der Waals surface area contributed by atoms with E-state index in [1.54, 1.807) is 4.90 Å². The molecule has 3 rings (SSSR count). The minimum absolute atomic E-state index is 0.0717. The predicted molar refractivity (Wildman–Crippen MR) is 131 cm³/mol. The van der Waals surface area contributed by atoms with Crippen LogP contribution in [0.2, 0.25) is 10.0 Å². The van der Waals surface area contributed by atoms with Crippen LogP contribution in [0.25, 0.3) is 0 Å². The monoisotopic (exact) mass is 474 g/mol. The zero-order valence-electron chi connectivity index (χ0n) is 18.7. The summed E-state index contributed by atoms with van der Waals surface area (Å²) < 4.78 is 0. The van der Waals surface area contributed by atoms with Crippen molar-refractivity contribution in [2.75, 3.05) is 0 Å². The topological polar surface area (TPSA) is 49.4 Å². The average molecular weight is 475 g/mol. The van der Waals surface area contributed by atoms with Crippen molar-refractivity contribution in [3.8, 4) is 0 Å². The van der Waals surface area contributed by atoms with Crippen molar-refractivity contribution in [3.63, 3.8) is 0 Å². The highest BCUT2D eigenvalue weighted by atomic mass is 35.5. The van der Waals surface area contributed by atoms with Gasteiger partial charge in [-0.3, -0.25) is 9.59 Å². The van der Waals surface area contributed by atoms with Gasteiger partial charge < -0.3 is 10.2 Å². The molecule has 0 saturated heterocycles. The van der Waals surface area contributed by atoms with Gasteiger partial charge in [-0.15, -0.1) is 0 Å². The number of carbonyl (C=O) groups is 2. The number of carbonyl (C=O) groups excluding carboxylic acids is 2. The Bertz CT molecular complexity index is 912. The summed E-state index contributed by atoms with van der Waals surface area (Å²) in [7, 11) is 0. The van der Waals surface area contributed by atoms with Crippen LogP contribution < -0.4 is 5.32 Å². The van der Waals surface area contributed by atoms with Crippen LogP contribution in [0.5, 0.6) is 0 Å². The number of hydrogen-bond acceptors (Lipinski definition) is 2. The number of nitrogens with zero attached hydrogens (tertiary/aromatic N) is 1. The average Bonchev–Trinajstić information content (AvgIpc) is 2.80. The highest BCUT2D eigenvalue weighted by Crippen LogP contribution is 2.23. The van der Waals surface area contributed by atoms with Crippen molar-refractivity contribution in [2.24, 2.45) is 0 Å². The van der Waals surface area contributed by atoms with E-state index in [2.05, 4.69) is 5.32 Å². The van der Waals surface area contributed by atoms with Crippen LogP contribution in [0.15, 0.2) is 48.5 Å². The number of aryl methyl sites for hydroxylation is 1. The summed E-state index contributed by atoms with van der Waals surface area (Å²) in [5, 5.41) is 4.45. The van der Waals surface area contributed by atoms with Crippen molar-refractivity contribution in [2.45, 2.75) is 76.9 Å². The maximum atomic E-state index is 13.4. The lowest BCUT2D eigenvalue weighted by molar-refractivity contribution is -0.141. The maximum absolute atomic E-state index is 13.4. The Morgan fingerprint density at radius 1 is 0.969 bits per heavy atom. The third-order valence-corrected chi connectivity index (χ3v) is 6.94. The second-order valence-corrected chi connectivity index (χ2v) is 9.29. The van der Waals surface area contributed by atoms with E-state index in [-0.39, 0.29) is 24.3 Å². The summed E-state index contributed by atoms with van der Waals surface area (Å²) in [5.74, 6) is -0.145. The maximum Gasteiger partial charge on any atom is 0.243 e. The molecule has 6 heteroatoms. The van der Waals surface area contributed by atoms with E-state index >= 15 is 0 Å². The molecule has 0 bridgehead atoms. The van der Waals surface area contributed by atoms with Gasteiger partial charge in [0.05, 0.1) is 0 Å². The van der Waals surface area contributed by atoms with Crippen LogP contribution in [-0.4, -0.2) is 28.8 Å². The molecule has 2 aromatic rings. The van der Waals surface area contributed by atoms with E-state index in [0.29, 0.717) is 29.4 Å². The van der Waals surface area contributed by atoms with Gasteiger partial charge in [0.2, 0.25) is 11.8 Å². The zero-order chi connectivity index (χ0) is 22.9. The molecule has 1 aliphatic rings. The number of rotatable bonds is 9. The first kappa shape index (κ1) is 24.6. The van der Waals surface area contributed by atoms with Crippen LogP contribution in [-0.2, 0) is 22.6 Å². The van der Waals surface area contributed by atoms with E-state index in [0.717, 1.165) is 36.8 Å². The lowest BCUT2D eigenvalue weighted by Crippen LogP contribution is -2.51. The molecule has 1 fully saturated rings. The van der Waals surface area contributed by atoms with Crippen molar-refractivity contribution in [1.29, 1.82) is 0 Å². The largest absolute Gasteiger partial charge is 0.352 e. The van der Waals surface area contributed by atoms with E-state index in [1.807, 2.05) is 55.5 Å². The third kappa shape index (κ3) is 6.73. The van der Waals surface area contributed by atoms with E-state index in [4.69, 9.17) is 23.2 Å². The number of nitrogens with one attached hydrogen (secondary N) is 1. The summed E-state index contributed by atoms with van der Waals surface area (Å²) in [6.07, 6.45) is 6.87. The molecular weight excluding hydrogens is 443 g/mol. The molecule has 1 atom stereocenters. The lowest BCUT2D eigenvalue weighted by Gasteiger charge is -2.33. The van der Waals surface area contributed by atoms with Gasteiger partial charge in [-0.1, -0.05) is 85.8 Å². The van der Waals surface area contributed by atoms with Crippen LogP contribution in [0.1, 0.15) is 63.0 Å². The molecule has 1 aliphatic carbocycles. The highest BCUT2D eigenvalue weighted by Gasteiger charge is 2.30. The lowest BCUT2D eigenvalue weighted by atomic mass is 9.95. The quantitative estimate of drug-likeness (QED) is 0.471. The summed E-state index contributed by atoms with van der Waals surface area (Å²) in [6, 6.07) is 14.7. The Labute approximate surface area is 201 Å². The van der Waals surface area contributed by atoms with Gasteiger partial charge in [0, 0.05) is 29.1 Å². The summed E-state index contributed by atoms with van der Waals surface area (Å²) >= 11 is 12.7. The first-order valence-electron chi connectivity index (χ1n) is 11.6. The fourth-order valence-corrected chi connectivity index (χ4v) is 4.79. The van der Waals surface area contributed by atoms with Crippen molar-refractivity contribution < 1.29 is 9.59 Å². The molecule has 4 nitrogen and oxygen atoms in total. The van der Waals surface area contributed by atoms with E-state index in [9.17, 15) is 9.59 Å². The molecule has 1 N–H and O–H groups in total. The van der Waals surface area contributed by atoms with Gasteiger partial charge in [0.25, 0.3) is 0 Å². The Hall–Kier alpha value is -2.04. The molecule has 0 heterocycles. The molecule has 32 heavy (non-hydrogen) atoms.